The van der Waals surface area contributed by atoms with Crippen molar-refractivity contribution in [3.63, 3.8) is 0 Å². The van der Waals surface area contributed by atoms with E-state index in [2.05, 4.69) is 15.3 Å². The molecular formula is C13H11N3O2. The predicted octanol–water partition coefficient (Wildman–Crippen LogP) is 2.00. The Labute approximate surface area is 104 Å². The summed E-state index contributed by atoms with van der Waals surface area (Å²) >= 11 is 0. The van der Waals surface area contributed by atoms with Crippen LogP contribution in [-0.4, -0.2) is 16.1 Å². The van der Waals surface area contributed by atoms with Crippen LogP contribution in [0.5, 0.6) is 0 Å². The van der Waals surface area contributed by atoms with Crippen LogP contribution in [0.2, 0.25) is 0 Å². The van der Waals surface area contributed by atoms with Crippen LogP contribution in [0, 0.1) is 0 Å². The molecule has 5 nitrogen and oxygen atoms in total. The van der Waals surface area contributed by atoms with Crippen molar-refractivity contribution in [2.24, 2.45) is 0 Å². The van der Waals surface area contributed by atoms with Gasteiger partial charge in [0.15, 0.2) is 6.10 Å². The van der Waals surface area contributed by atoms with Crippen LogP contribution < -0.4 is 5.32 Å². The fraction of sp³-hybridized carbons (Fsp3) is 0.154. The summed E-state index contributed by atoms with van der Waals surface area (Å²) in [6.45, 7) is 0. The van der Waals surface area contributed by atoms with Gasteiger partial charge in [-0.15, -0.1) is 0 Å². The maximum Gasteiger partial charge on any atom is 0.408 e. The van der Waals surface area contributed by atoms with E-state index in [9.17, 15) is 4.79 Å². The molecule has 1 saturated heterocycles. The van der Waals surface area contributed by atoms with Crippen molar-refractivity contribution in [3.8, 4) is 0 Å². The van der Waals surface area contributed by atoms with Gasteiger partial charge in [0.2, 0.25) is 0 Å². The second kappa shape index (κ2) is 4.44. The molecule has 90 valence electrons. The summed E-state index contributed by atoms with van der Waals surface area (Å²) in [5.41, 5.74) is 1.78. The molecule has 2 aromatic rings. The molecule has 0 aromatic carbocycles. The number of nitrogens with one attached hydrogen (secondary N) is 1. The molecule has 0 saturated carbocycles. The minimum absolute atomic E-state index is 0.226. The maximum absolute atomic E-state index is 11.4. The highest BCUT2D eigenvalue weighted by Crippen LogP contribution is 2.35. The first-order valence-electron chi connectivity index (χ1n) is 5.61. The van der Waals surface area contributed by atoms with E-state index in [4.69, 9.17) is 4.74 Å². The molecule has 0 radical (unpaired) electrons. The van der Waals surface area contributed by atoms with Crippen LogP contribution in [0.3, 0.4) is 0 Å². The smallest absolute Gasteiger partial charge is 0.408 e. The Morgan fingerprint density at radius 3 is 2.33 bits per heavy atom. The van der Waals surface area contributed by atoms with Gasteiger partial charge in [-0.3, -0.25) is 9.97 Å². The van der Waals surface area contributed by atoms with Crippen molar-refractivity contribution in [3.05, 3.63) is 60.2 Å². The van der Waals surface area contributed by atoms with Crippen LogP contribution in [0.25, 0.3) is 0 Å². The van der Waals surface area contributed by atoms with Gasteiger partial charge in [0.25, 0.3) is 0 Å². The minimum Gasteiger partial charge on any atom is -0.439 e. The standard InChI is InChI=1S/C13H11N3O2/c17-13-16-11(9-3-1-5-14-7-9)12(18-13)10-4-2-6-15-8-10/h1-8,11-12H,(H,16,17)/t11-,12-/m0/s1. The Hall–Kier alpha value is -2.43. The lowest BCUT2D eigenvalue weighted by Gasteiger charge is -2.16. The van der Waals surface area contributed by atoms with Crippen LogP contribution in [0.4, 0.5) is 4.79 Å². The molecule has 5 heteroatoms. The normalized spacial score (nSPS) is 22.3. The average molecular weight is 241 g/mol. The van der Waals surface area contributed by atoms with Gasteiger partial charge in [-0.25, -0.2) is 4.79 Å². The zero-order chi connectivity index (χ0) is 12.4. The number of alkyl carbamates (subject to hydrolysis) is 1. The number of pyridine rings is 2. The van der Waals surface area contributed by atoms with Gasteiger partial charge in [0.1, 0.15) is 6.04 Å². The fourth-order valence-corrected chi connectivity index (χ4v) is 2.04. The first kappa shape index (κ1) is 10.7. The van der Waals surface area contributed by atoms with Gasteiger partial charge in [-0.1, -0.05) is 12.1 Å². The summed E-state index contributed by atoms with van der Waals surface area (Å²) in [4.78, 5) is 19.5. The van der Waals surface area contributed by atoms with Gasteiger partial charge >= 0.3 is 6.09 Å². The lowest BCUT2D eigenvalue weighted by molar-refractivity contribution is 0.132. The van der Waals surface area contributed by atoms with E-state index in [1.54, 1.807) is 24.8 Å². The van der Waals surface area contributed by atoms with Crippen LogP contribution in [-0.2, 0) is 4.74 Å². The predicted molar refractivity (Wildman–Crippen MR) is 63.6 cm³/mol. The van der Waals surface area contributed by atoms with E-state index < -0.39 is 6.09 Å². The molecule has 1 aliphatic rings. The average Bonchev–Trinajstić information content (AvgIpc) is 2.83. The Bertz CT molecular complexity index is 495. The second-order valence-electron chi connectivity index (χ2n) is 4.02. The SMILES string of the molecule is O=C1N[C@@H](c2cccnc2)[C@H](c2cccnc2)O1. The van der Waals surface area contributed by atoms with Crippen LogP contribution >= 0.6 is 0 Å². The van der Waals surface area contributed by atoms with E-state index in [1.807, 2.05) is 24.3 Å². The van der Waals surface area contributed by atoms with Crippen molar-refractivity contribution in [1.29, 1.82) is 0 Å². The summed E-state index contributed by atoms with van der Waals surface area (Å²) in [5, 5.41) is 2.79. The molecule has 1 fully saturated rings. The molecule has 3 rings (SSSR count). The number of carbonyl (C=O) groups is 1. The molecule has 1 aliphatic heterocycles. The van der Waals surface area contributed by atoms with E-state index in [1.165, 1.54) is 0 Å². The van der Waals surface area contributed by atoms with E-state index in [0.717, 1.165) is 11.1 Å². The van der Waals surface area contributed by atoms with E-state index >= 15 is 0 Å². The number of aromatic nitrogens is 2. The van der Waals surface area contributed by atoms with Gasteiger partial charge in [0.05, 0.1) is 0 Å². The summed E-state index contributed by atoms with van der Waals surface area (Å²) in [5.74, 6) is 0. The lowest BCUT2D eigenvalue weighted by Crippen LogP contribution is -2.19. The first-order valence-corrected chi connectivity index (χ1v) is 5.61. The molecule has 2 atom stereocenters. The number of amides is 1. The number of nitrogens with zero attached hydrogens (tertiary/aromatic N) is 2. The fourth-order valence-electron chi connectivity index (χ4n) is 2.04. The summed E-state index contributed by atoms with van der Waals surface area (Å²) in [6, 6.07) is 7.23. The van der Waals surface area contributed by atoms with E-state index in [0.29, 0.717) is 0 Å². The Balaban J connectivity index is 1.96. The zero-order valence-electron chi connectivity index (χ0n) is 9.48. The summed E-state index contributed by atoms with van der Waals surface area (Å²) in [7, 11) is 0. The molecule has 18 heavy (non-hydrogen) atoms. The maximum atomic E-state index is 11.4. The highest BCUT2D eigenvalue weighted by molar-refractivity contribution is 5.71. The molecule has 0 unspecified atom stereocenters. The third-order valence-electron chi connectivity index (χ3n) is 2.87. The van der Waals surface area contributed by atoms with Crippen molar-refractivity contribution < 1.29 is 9.53 Å². The van der Waals surface area contributed by atoms with E-state index in [-0.39, 0.29) is 12.1 Å². The van der Waals surface area contributed by atoms with Crippen molar-refractivity contribution in [2.45, 2.75) is 12.1 Å². The lowest BCUT2D eigenvalue weighted by atomic mass is 9.99. The topological polar surface area (TPSA) is 64.1 Å². The molecule has 0 spiro atoms. The monoisotopic (exact) mass is 241 g/mol. The Morgan fingerprint density at radius 1 is 1.06 bits per heavy atom. The summed E-state index contributed by atoms with van der Waals surface area (Å²) in [6.07, 6.45) is 6.03. The van der Waals surface area contributed by atoms with Crippen molar-refractivity contribution >= 4 is 6.09 Å². The highest BCUT2D eigenvalue weighted by Gasteiger charge is 2.36. The molecule has 2 aromatic heterocycles. The van der Waals surface area contributed by atoms with Crippen LogP contribution in [0.15, 0.2) is 49.1 Å². The number of hydrogen-bond acceptors (Lipinski definition) is 4. The molecule has 3 heterocycles. The van der Waals surface area contributed by atoms with Gasteiger partial charge < -0.3 is 10.1 Å². The molecule has 1 amide bonds. The Kier molecular flexibility index (Phi) is 2.64. The zero-order valence-corrected chi connectivity index (χ0v) is 9.48. The van der Waals surface area contributed by atoms with Gasteiger partial charge in [-0.05, 0) is 17.7 Å². The first-order chi connectivity index (χ1) is 8.84. The number of ether oxygens (including phenoxy) is 1. The van der Waals surface area contributed by atoms with Crippen molar-refractivity contribution in [1.82, 2.24) is 15.3 Å². The van der Waals surface area contributed by atoms with Gasteiger partial charge in [0, 0.05) is 30.4 Å². The third kappa shape index (κ3) is 1.90. The number of rotatable bonds is 2. The number of carbonyl (C=O) groups excluding carboxylic acids is 1. The molecule has 1 N–H and O–H groups in total. The van der Waals surface area contributed by atoms with Gasteiger partial charge in [-0.2, -0.15) is 0 Å². The highest BCUT2D eigenvalue weighted by atomic mass is 16.6. The Morgan fingerprint density at radius 2 is 1.72 bits per heavy atom. The van der Waals surface area contributed by atoms with Crippen molar-refractivity contribution in [2.75, 3.05) is 0 Å². The minimum atomic E-state index is -0.419. The van der Waals surface area contributed by atoms with Crippen LogP contribution in [0.1, 0.15) is 23.3 Å². The quantitative estimate of drug-likeness (QED) is 0.873. The third-order valence-corrected chi connectivity index (χ3v) is 2.87. The molecule has 0 aliphatic carbocycles. The number of hydrogen-bond donors (Lipinski definition) is 1. The molecular weight excluding hydrogens is 230 g/mol. The second-order valence-corrected chi connectivity index (χ2v) is 4.02. The summed E-state index contributed by atoms with van der Waals surface area (Å²) < 4.78 is 5.30. The number of cyclic esters (lactones) is 1. The largest absolute Gasteiger partial charge is 0.439 e. The molecule has 0 bridgehead atoms.